The zero-order valence-electron chi connectivity index (χ0n) is 11.6. The number of amidine groups is 1. The minimum atomic E-state index is -0.981. The van der Waals surface area contributed by atoms with Gasteiger partial charge in [-0.05, 0) is 31.2 Å². The molecule has 0 aromatic heterocycles. The molecule has 3 rings (SSSR count). The van der Waals surface area contributed by atoms with Crippen molar-refractivity contribution in [2.45, 2.75) is 18.9 Å². The summed E-state index contributed by atoms with van der Waals surface area (Å²) in [5.74, 6) is -0.0132. The van der Waals surface area contributed by atoms with Crippen LogP contribution in [0.5, 0.6) is 0 Å². The lowest BCUT2D eigenvalue weighted by molar-refractivity contribution is -0.130. The van der Waals surface area contributed by atoms with E-state index in [1.54, 1.807) is 30.2 Å². The summed E-state index contributed by atoms with van der Waals surface area (Å²) in [6, 6.07) is 9.20. The van der Waals surface area contributed by atoms with Gasteiger partial charge in [0.15, 0.2) is 0 Å². The van der Waals surface area contributed by atoms with Gasteiger partial charge in [-0.1, -0.05) is 24.3 Å². The van der Waals surface area contributed by atoms with Crippen LogP contribution in [0.1, 0.15) is 13.3 Å². The molecule has 2 heterocycles. The summed E-state index contributed by atoms with van der Waals surface area (Å²) in [6.45, 7) is 1.75. The lowest BCUT2D eigenvalue weighted by Gasteiger charge is -2.41. The highest BCUT2D eigenvalue weighted by atomic mass is 16.2. The summed E-state index contributed by atoms with van der Waals surface area (Å²) >= 11 is 0. The number of nitrogens with zero attached hydrogens (tertiary/aromatic N) is 2. The molecule has 1 unspecified atom stereocenters. The number of aliphatic imine (C=N–C) groups is 1. The van der Waals surface area contributed by atoms with Crippen LogP contribution in [0.25, 0.3) is 0 Å². The molecule has 21 heavy (non-hydrogen) atoms. The largest absolute Gasteiger partial charge is 0.324 e. The van der Waals surface area contributed by atoms with Crippen LogP contribution in [0.2, 0.25) is 0 Å². The number of hydrogen-bond acceptors (Lipinski definition) is 3. The molecule has 0 radical (unpaired) electrons. The minimum absolute atomic E-state index is 0.0490. The maximum atomic E-state index is 12.7. The van der Waals surface area contributed by atoms with Gasteiger partial charge < -0.3 is 10.2 Å². The molecule has 5 heteroatoms. The number of para-hydroxylation sites is 1. The summed E-state index contributed by atoms with van der Waals surface area (Å²) in [7, 11) is 0. The Morgan fingerprint density at radius 3 is 2.81 bits per heavy atom. The van der Waals surface area contributed by atoms with Gasteiger partial charge in [-0.3, -0.25) is 9.59 Å². The normalized spacial score (nSPS) is 23.6. The first kappa shape index (κ1) is 13.3. The van der Waals surface area contributed by atoms with E-state index in [4.69, 9.17) is 0 Å². The van der Waals surface area contributed by atoms with E-state index < -0.39 is 5.54 Å². The Bertz CT molecular complexity index is 676. The quantitative estimate of drug-likeness (QED) is 0.903. The molecule has 5 nitrogen and oxygen atoms in total. The third-order valence-corrected chi connectivity index (χ3v) is 3.63. The van der Waals surface area contributed by atoms with Crippen LogP contribution in [0, 0.1) is 0 Å². The van der Waals surface area contributed by atoms with Gasteiger partial charge in [0.2, 0.25) is 0 Å². The fourth-order valence-corrected chi connectivity index (χ4v) is 2.47. The molecule has 106 valence electrons. The topological polar surface area (TPSA) is 61.8 Å². The van der Waals surface area contributed by atoms with Crippen molar-refractivity contribution in [1.82, 2.24) is 4.90 Å². The van der Waals surface area contributed by atoms with E-state index in [9.17, 15) is 9.59 Å². The van der Waals surface area contributed by atoms with Gasteiger partial charge in [-0.2, -0.15) is 4.99 Å². The van der Waals surface area contributed by atoms with Gasteiger partial charge in [0, 0.05) is 11.9 Å². The summed E-state index contributed by atoms with van der Waals surface area (Å²) in [6.07, 6.45) is 7.17. The van der Waals surface area contributed by atoms with Crippen LogP contribution >= 0.6 is 0 Å². The van der Waals surface area contributed by atoms with Crippen LogP contribution in [-0.2, 0) is 9.59 Å². The summed E-state index contributed by atoms with van der Waals surface area (Å²) in [5.41, 5.74) is -0.276. The zero-order chi connectivity index (χ0) is 14.9. The molecule has 1 aromatic rings. The van der Waals surface area contributed by atoms with E-state index in [2.05, 4.69) is 10.3 Å². The second kappa shape index (κ2) is 5.01. The van der Waals surface area contributed by atoms with E-state index in [0.29, 0.717) is 11.5 Å². The first-order chi connectivity index (χ1) is 10.1. The molecule has 1 aromatic carbocycles. The van der Waals surface area contributed by atoms with E-state index >= 15 is 0 Å². The number of carbonyl (C=O) groups excluding carboxylic acids is 2. The lowest BCUT2D eigenvalue weighted by atomic mass is 9.91. The average Bonchev–Trinajstić information content (AvgIpc) is 2.48. The second-order valence-corrected chi connectivity index (χ2v) is 5.21. The maximum absolute atomic E-state index is 12.7. The van der Waals surface area contributed by atoms with Crippen molar-refractivity contribution in [2.75, 3.05) is 5.32 Å². The van der Waals surface area contributed by atoms with Gasteiger partial charge in [-0.25, -0.2) is 0 Å². The van der Waals surface area contributed by atoms with Crippen LogP contribution < -0.4 is 5.32 Å². The first-order valence-electron chi connectivity index (χ1n) is 6.72. The van der Waals surface area contributed by atoms with Crippen LogP contribution in [-0.4, -0.2) is 28.1 Å². The van der Waals surface area contributed by atoms with Gasteiger partial charge in [-0.15, -0.1) is 0 Å². The number of amides is 2. The molecule has 0 saturated carbocycles. The Kier molecular flexibility index (Phi) is 3.17. The predicted molar refractivity (Wildman–Crippen MR) is 80.7 cm³/mol. The average molecular weight is 281 g/mol. The molecule has 0 fully saturated rings. The Morgan fingerprint density at radius 1 is 1.29 bits per heavy atom. The molecule has 0 spiro atoms. The van der Waals surface area contributed by atoms with Crippen molar-refractivity contribution in [1.29, 1.82) is 0 Å². The van der Waals surface area contributed by atoms with Crippen molar-refractivity contribution in [2.24, 2.45) is 4.99 Å². The highest BCUT2D eigenvalue weighted by molar-refractivity contribution is 6.11. The van der Waals surface area contributed by atoms with E-state index in [-0.39, 0.29) is 18.2 Å². The third-order valence-electron chi connectivity index (χ3n) is 3.63. The number of carbonyl (C=O) groups is 2. The molecule has 0 saturated heterocycles. The van der Waals surface area contributed by atoms with Gasteiger partial charge in [0.1, 0.15) is 11.4 Å². The molecule has 0 bridgehead atoms. The minimum Gasteiger partial charge on any atom is -0.324 e. The van der Waals surface area contributed by atoms with Crippen LogP contribution in [0.15, 0.2) is 59.8 Å². The smallest absolute Gasteiger partial charge is 0.250 e. The maximum Gasteiger partial charge on any atom is 0.250 e. The summed E-state index contributed by atoms with van der Waals surface area (Å²) < 4.78 is 0. The van der Waals surface area contributed by atoms with Crippen LogP contribution in [0.3, 0.4) is 0 Å². The van der Waals surface area contributed by atoms with Crippen molar-refractivity contribution in [3.05, 3.63) is 54.8 Å². The van der Waals surface area contributed by atoms with Crippen LogP contribution in [0.4, 0.5) is 5.69 Å². The fraction of sp³-hybridized carbons (Fsp3) is 0.188. The number of fused-ring (bicyclic) bond motifs is 1. The van der Waals surface area contributed by atoms with Crippen molar-refractivity contribution in [3.8, 4) is 0 Å². The fourth-order valence-electron chi connectivity index (χ4n) is 2.47. The SMILES string of the molecule is CC1(C(=O)Nc2ccccc2)CC(=O)N=C2C=CC=CN21. The highest BCUT2D eigenvalue weighted by Gasteiger charge is 2.45. The number of hydrogen-bond donors (Lipinski definition) is 1. The van der Waals surface area contributed by atoms with Crippen molar-refractivity contribution >= 4 is 23.3 Å². The van der Waals surface area contributed by atoms with E-state index in [1.165, 1.54) is 0 Å². The van der Waals surface area contributed by atoms with Gasteiger partial charge in [0.05, 0.1) is 6.42 Å². The highest BCUT2D eigenvalue weighted by Crippen LogP contribution is 2.29. The molecule has 2 aliphatic heterocycles. The Labute approximate surface area is 122 Å². The molecule has 1 N–H and O–H groups in total. The Balaban J connectivity index is 1.90. The van der Waals surface area contributed by atoms with Crippen molar-refractivity contribution < 1.29 is 9.59 Å². The van der Waals surface area contributed by atoms with Gasteiger partial charge in [0.25, 0.3) is 11.8 Å². The monoisotopic (exact) mass is 281 g/mol. The Hall–Kier alpha value is -2.69. The summed E-state index contributed by atoms with van der Waals surface area (Å²) in [5, 5.41) is 2.86. The summed E-state index contributed by atoms with van der Waals surface area (Å²) in [4.78, 5) is 30.2. The molecule has 2 amide bonds. The predicted octanol–water partition coefficient (Wildman–Crippen LogP) is 2.10. The number of rotatable bonds is 2. The third kappa shape index (κ3) is 2.38. The molecular weight excluding hydrogens is 266 g/mol. The first-order valence-corrected chi connectivity index (χ1v) is 6.72. The second-order valence-electron chi connectivity index (χ2n) is 5.21. The van der Waals surface area contributed by atoms with Crippen molar-refractivity contribution in [3.63, 3.8) is 0 Å². The zero-order valence-corrected chi connectivity index (χ0v) is 11.6. The van der Waals surface area contributed by atoms with Gasteiger partial charge >= 0.3 is 0 Å². The number of anilines is 1. The molecular formula is C16H15N3O2. The molecule has 1 atom stereocenters. The lowest BCUT2D eigenvalue weighted by Crippen LogP contribution is -2.58. The number of benzene rings is 1. The molecule has 2 aliphatic rings. The van der Waals surface area contributed by atoms with E-state index in [1.807, 2.05) is 36.4 Å². The Morgan fingerprint density at radius 2 is 2.05 bits per heavy atom. The standard InChI is InChI=1S/C16H15N3O2/c1-16(15(21)17-12-7-3-2-4-8-12)11-14(20)18-13-9-5-6-10-19(13)16/h2-10H,11H2,1H3,(H,17,21). The molecule has 0 aliphatic carbocycles. The van der Waals surface area contributed by atoms with E-state index in [0.717, 1.165) is 0 Å². The number of nitrogens with one attached hydrogen (secondary N) is 1. The number of allylic oxidation sites excluding steroid dienone is 2.